The molecule has 6 heteroatoms. The first-order valence-electron chi connectivity index (χ1n) is 6.27. The molecule has 2 rings (SSSR count). The van der Waals surface area contributed by atoms with Gasteiger partial charge in [-0.15, -0.1) is 5.10 Å². The molecule has 19 heavy (non-hydrogen) atoms. The molecular weight excluding hydrogens is 242 g/mol. The number of carbonyl (C=O) groups is 1. The second-order valence-corrected chi connectivity index (χ2v) is 4.14. The van der Waals surface area contributed by atoms with Crippen molar-refractivity contribution in [1.29, 1.82) is 0 Å². The van der Waals surface area contributed by atoms with Gasteiger partial charge in [0.2, 0.25) is 0 Å². The van der Waals surface area contributed by atoms with E-state index >= 15 is 0 Å². The Labute approximate surface area is 111 Å². The number of hydrogen-bond acceptors (Lipinski definition) is 4. The molecule has 0 fully saturated rings. The molecule has 1 heterocycles. The van der Waals surface area contributed by atoms with Crippen molar-refractivity contribution in [2.24, 2.45) is 5.73 Å². The summed E-state index contributed by atoms with van der Waals surface area (Å²) in [6, 6.07) is 9.54. The smallest absolute Gasteiger partial charge is 0.273 e. The maximum atomic E-state index is 11.8. The van der Waals surface area contributed by atoms with E-state index < -0.39 is 0 Å². The van der Waals surface area contributed by atoms with Crippen LogP contribution in [0.2, 0.25) is 0 Å². The van der Waals surface area contributed by atoms with Gasteiger partial charge in [-0.2, -0.15) is 0 Å². The third-order valence-corrected chi connectivity index (χ3v) is 2.66. The average Bonchev–Trinajstić information content (AvgIpc) is 2.94. The largest absolute Gasteiger partial charge is 0.351 e. The van der Waals surface area contributed by atoms with Crippen LogP contribution in [-0.2, 0) is 0 Å². The maximum Gasteiger partial charge on any atom is 0.273 e. The minimum atomic E-state index is -0.209. The molecule has 0 aliphatic rings. The van der Waals surface area contributed by atoms with Crippen molar-refractivity contribution in [3.63, 3.8) is 0 Å². The zero-order valence-corrected chi connectivity index (χ0v) is 10.6. The summed E-state index contributed by atoms with van der Waals surface area (Å²) in [5.74, 6) is -0.209. The first kappa shape index (κ1) is 13.2. The minimum absolute atomic E-state index is 0.209. The summed E-state index contributed by atoms with van der Waals surface area (Å²) < 4.78 is 1.58. The lowest BCUT2D eigenvalue weighted by Crippen LogP contribution is -2.25. The van der Waals surface area contributed by atoms with Crippen LogP contribution in [0.3, 0.4) is 0 Å². The van der Waals surface area contributed by atoms with Crippen molar-refractivity contribution in [2.45, 2.75) is 12.8 Å². The standard InChI is InChI=1S/C13H17N5O/c14-8-4-5-9-15-13(19)12-10-18(17-16-12)11-6-2-1-3-7-11/h1-3,6-7,10H,4-5,8-9,14H2,(H,15,19). The number of carbonyl (C=O) groups excluding carboxylic acids is 1. The van der Waals surface area contributed by atoms with E-state index in [1.807, 2.05) is 30.3 Å². The normalized spacial score (nSPS) is 10.4. The Morgan fingerprint density at radius 3 is 2.79 bits per heavy atom. The van der Waals surface area contributed by atoms with Gasteiger partial charge in [0.25, 0.3) is 5.91 Å². The third kappa shape index (κ3) is 3.62. The van der Waals surface area contributed by atoms with Gasteiger partial charge < -0.3 is 11.1 Å². The maximum absolute atomic E-state index is 11.8. The molecule has 0 unspecified atom stereocenters. The number of nitrogens with two attached hydrogens (primary N) is 1. The molecule has 100 valence electrons. The van der Waals surface area contributed by atoms with Crippen LogP contribution in [0.25, 0.3) is 5.69 Å². The number of aromatic nitrogens is 3. The van der Waals surface area contributed by atoms with E-state index in [2.05, 4.69) is 15.6 Å². The van der Waals surface area contributed by atoms with Crippen LogP contribution in [0.4, 0.5) is 0 Å². The van der Waals surface area contributed by atoms with Crippen LogP contribution in [0.5, 0.6) is 0 Å². The number of unbranched alkanes of at least 4 members (excludes halogenated alkanes) is 1. The van der Waals surface area contributed by atoms with Gasteiger partial charge in [0.05, 0.1) is 11.9 Å². The Kier molecular flexibility index (Phi) is 4.63. The lowest BCUT2D eigenvalue weighted by atomic mass is 10.3. The highest BCUT2D eigenvalue weighted by atomic mass is 16.2. The molecule has 0 radical (unpaired) electrons. The monoisotopic (exact) mass is 259 g/mol. The van der Waals surface area contributed by atoms with Crippen LogP contribution >= 0.6 is 0 Å². The minimum Gasteiger partial charge on any atom is -0.351 e. The van der Waals surface area contributed by atoms with Crippen molar-refractivity contribution in [2.75, 3.05) is 13.1 Å². The van der Waals surface area contributed by atoms with Gasteiger partial charge in [0, 0.05) is 6.54 Å². The predicted molar refractivity (Wildman–Crippen MR) is 72.0 cm³/mol. The van der Waals surface area contributed by atoms with Gasteiger partial charge >= 0.3 is 0 Å². The first-order valence-corrected chi connectivity index (χ1v) is 6.27. The second-order valence-electron chi connectivity index (χ2n) is 4.14. The van der Waals surface area contributed by atoms with E-state index in [0.29, 0.717) is 18.8 Å². The van der Waals surface area contributed by atoms with E-state index in [1.165, 1.54) is 0 Å². The number of benzene rings is 1. The molecule has 0 atom stereocenters. The van der Waals surface area contributed by atoms with Gasteiger partial charge in [-0.25, -0.2) is 4.68 Å². The van der Waals surface area contributed by atoms with E-state index in [-0.39, 0.29) is 5.91 Å². The molecule has 0 aliphatic heterocycles. The number of para-hydroxylation sites is 1. The molecule has 0 aliphatic carbocycles. The van der Waals surface area contributed by atoms with Crippen LogP contribution in [-0.4, -0.2) is 34.0 Å². The van der Waals surface area contributed by atoms with Crippen molar-refractivity contribution in [3.8, 4) is 5.69 Å². The molecule has 6 nitrogen and oxygen atoms in total. The molecule has 0 spiro atoms. The predicted octanol–water partition coefficient (Wildman–Crippen LogP) is 0.736. The van der Waals surface area contributed by atoms with Gasteiger partial charge in [-0.3, -0.25) is 4.79 Å². The van der Waals surface area contributed by atoms with E-state index in [1.54, 1.807) is 10.9 Å². The van der Waals surface area contributed by atoms with Crippen molar-refractivity contribution in [1.82, 2.24) is 20.3 Å². The zero-order chi connectivity index (χ0) is 13.5. The van der Waals surface area contributed by atoms with E-state index in [0.717, 1.165) is 18.5 Å². The summed E-state index contributed by atoms with van der Waals surface area (Å²) in [5.41, 5.74) is 6.57. The topological polar surface area (TPSA) is 85.8 Å². The molecule has 1 amide bonds. The summed E-state index contributed by atoms with van der Waals surface area (Å²) >= 11 is 0. The lowest BCUT2D eigenvalue weighted by Gasteiger charge is -2.01. The molecule has 0 saturated carbocycles. The summed E-state index contributed by atoms with van der Waals surface area (Å²) in [7, 11) is 0. The summed E-state index contributed by atoms with van der Waals surface area (Å²) in [4.78, 5) is 11.8. The molecular formula is C13H17N5O. The molecule has 1 aromatic carbocycles. The van der Waals surface area contributed by atoms with Gasteiger partial charge in [-0.1, -0.05) is 23.4 Å². The zero-order valence-electron chi connectivity index (χ0n) is 10.6. The molecule has 0 saturated heterocycles. The lowest BCUT2D eigenvalue weighted by molar-refractivity contribution is 0.0948. The molecule has 1 aromatic heterocycles. The van der Waals surface area contributed by atoms with Gasteiger partial charge in [-0.05, 0) is 31.5 Å². The number of rotatable bonds is 6. The van der Waals surface area contributed by atoms with Gasteiger partial charge in [0.1, 0.15) is 0 Å². The summed E-state index contributed by atoms with van der Waals surface area (Å²) in [5, 5.41) is 10.6. The quantitative estimate of drug-likeness (QED) is 0.749. The fraction of sp³-hybridized carbons (Fsp3) is 0.308. The average molecular weight is 259 g/mol. The first-order chi connectivity index (χ1) is 9.31. The van der Waals surface area contributed by atoms with Crippen molar-refractivity contribution in [3.05, 3.63) is 42.2 Å². The Morgan fingerprint density at radius 1 is 1.26 bits per heavy atom. The Morgan fingerprint density at radius 2 is 2.05 bits per heavy atom. The molecule has 3 N–H and O–H groups in total. The van der Waals surface area contributed by atoms with Gasteiger partial charge in [0.15, 0.2) is 5.69 Å². The van der Waals surface area contributed by atoms with Crippen LogP contribution in [0.1, 0.15) is 23.3 Å². The fourth-order valence-corrected chi connectivity index (χ4v) is 1.64. The van der Waals surface area contributed by atoms with Crippen LogP contribution < -0.4 is 11.1 Å². The Hall–Kier alpha value is -2.21. The second kappa shape index (κ2) is 6.65. The van der Waals surface area contributed by atoms with Crippen molar-refractivity contribution < 1.29 is 4.79 Å². The number of nitrogens with zero attached hydrogens (tertiary/aromatic N) is 3. The highest BCUT2D eigenvalue weighted by molar-refractivity contribution is 5.91. The third-order valence-electron chi connectivity index (χ3n) is 2.66. The number of amides is 1. The molecule has 0 bridgehead atoms. The number of hydrogen-bond donors (Lipinski definition) is 2. The van der Waals surface area contributed by atoms with Crippen LogP contribution in [0.15, 0.2) is 36.5 Å². The van der Waals surface area contributed by atoms with E-state index in [9.17, 15) is 4.79 Å². The summed E-state index contributed by atoms with van der Waals surface area (Å²) in [6.07, 6.45) is 3.39. The Bertz CT molecular complexity index is 523. The highest BCUT2D eigenvalue weighted by Crippen LogP contribution is 2.05. The SMILES string of the molecule is NCCCCNC(=O)c1cn(-c2ccccc2)nn1. The summed E-state index contributed by atoms with van der Waals surface area (Å²) in [6.45, 7) is 1.24. The number of nitrogens with one attached hydrogen (secondary N) is 1. The van der Waals surface area contributed by atoms with Crippen LogP contribution in [0, 0.1) is 0 Å². The molecule has 2 aromatic rings. The van der Waals surface area contributed by atoms with Crippen molar-refractivity contribution >= 4 is 5.91 Å². The highest BCUT2D eigenvalue weighted by Gasteiger charge is 2.10. The van der Waals surface area contributed by atoms with E-state index in [4.69, 9.17) is 5.73 Å². The fourth-order valence-electron chi connectivity index (χ4n) is 1.64. The Balaban J connectivity index is 1.95.